The average molecular weight is 805 g/mol. The fourth-order valence-corrected chi connectivity index (χ4v) is 7.68. The highest BCUT2D eigenvalue weighted by atomic mass is 16.6. The van der Waals surface area contributed by atoms with Gasteiger partial charge in [0.05, 0.1) is 6.61 Å². The molecule has 5 nitrogen and oxygen atoms in total. The summed E-state index contributed by atoms with van der Waals surface area (Å²) in [7, 11) is 0. The van der Waals surface area contributed by atoms with Crippen LogP contribution in [0.3, 0.4) is 0 Å². The molecular weight excluding hydrogens is 705 g/mol. The van der Waals surface area contributed by atoms with Gasteiger partial charge in [0.25, 0.3) is 0 Å². The van der Waals surface area contributed by atoms with Crippen LogP contribution in [-0.4, -0.2) is 37.9 Å². The summed E-state index contributed by atoms with van der Waals surface area (Å²) in [6.45, 7) is 7.86. The van der Waals surface area contributed by atoms with Crippen LogP contribution in [0.15, 0.2) is 12.2 Å². The second-order valence-corrected chi connectivity index (χ2v) is 17.4. The van der Waals surface area contributed by atoms with Gasteiger partial charge in [-0.25, -0.2) is 0 Å². The number of hydrogen-bond acceptors (Lipinski definition) is 5. The monoisotopic (exact) mass is 805 g/mol. The highest BCUT2D eigenvalue weighted by molar-refractivity contribution is 5.70. The average Bonchev–Trinajstić information content (AvgIpc) is 3.21. The van der Waals surface area contributed by atoms with Crippen molar-refractivity contribution in [2.45, 2.75) is 290 Å². The van der Waals surface area contributed by atoms with Crippen LogP contribution in [0, 0.1) is 0 Å². The van der Waals surface area contributed by atoms with Crippen LogP contribution >= 0.6 is 0 Å². The number of hydrogen-bond donors (Lipinski definition) is 0. The Hall–Kier alpha value is -1.36. The van der Waals surface area contributed by atoms with E-state index in [1.54, 1.807) is 0 Å². The van der Waals surface area contributed by atoms with Crippen LogP contribution in [0.25, 0.3) is 0 Å². The zero-order valence-corrected chi connectivity index (χ0v) is 38.9. The van der Waals surface area contributed by atoms with Gasteiger partial charge in [0, 0.05) is 19.4 Å². The fraction of sp³-hybridized carbons (Fsp3) is 0.923. The summed E-state index contributed by atoms with van der Waals surface area (Å²) in [4.78, 5) is 25.3. The van der Waals surface area contributed by atoms with Crippen molar-refractivity contribution in [3.05, 3.63) is 12.2 Å². The van der Waals surface area contributed by atoms with Gasteiger partial charge >= 0.3 is 11.9 Å². The minimum Gasteiger partial charge on any atom is -0.462 e. The second kappa shape index (κ2) is 49.0. The fourth-order valence-electron chi connectivity index (χ4n) is 7.68. The molecule has 5 heteroatoms. The Morgan fingerprint density at radius 2 is 0.684 bits per heavy atom. The molecule has 0 aliphatic carbocycles. The topological polar surface area (TPSA) is 61.8 Å². The van der Waals surface area contributed by atoms with Gasteiger partial charge in [0.15, 0.2) is 6.10 Å². The molecule has 0 saturated carbocycles. The van der Waals surface area contributed by atoms with Crippen molar-refractivity contribution in [3.8, 4) is 0 Å². The lowest BCUT2D eigenvalue weighted by atomic mass is 10.0. The molecule has 0 heterocycles. The normalized spacial score (nSPS) is 12.1. The molecule has 0 N–H and O–H groups in total. The van der Waals surface area contributed by atoms with Gasteiger partial charge in [-0.1, -0.05) is 238 Å². The highest BCUT2D eigenvalue weighted by Gasteiger charge is 2.17. The van der Waals surface area contributed by atoms with Gasteiger partial charge in [-0.2, -0.15) is 0 Å². The van der Waals surface area contributed by atoms with Crippen LogP contribution in [-0.2, 0) is 23.8 Å². The Morgan fingerprint density at radius 1 is 0.368 bits per heavy atom. The van der Waals surface area contributed by atoms with Crippen LogP contribution in [0.1, 0.15) is 284 Å². The Labute approximate surface area is 356 Å². The summed E-state index contributed by atoms with van der Waals surface area (Å²) < 4.78 is 17.4. The van der Waals surface area contributed by atoms with Crippen molar-refractivity contribution >= 4 is 11.9 Å². The van der Waals surface area contributed by atoms with E-state index in [4.69, 9.17) is 14.2 Å². The lowest BCUT2D eigenvalue weighted by molar-refractivity contribution is -0.163. The third-order valence-corrected chi connectivity index (χ3v) is 11.6. The van der Waals surface area contributed by atoms with Crippen molar-refractivity contribution in [3.63, 3.8) is 0 Å². The number of ether oxygens (including phenoxy) is 3. The van der Waals surface area contributed by atoms with E-state index in [0.29, 0.717) is 26.1 Å². The van der Waals surface area contributed by atoms with Gasteiger partial charge in [-0.3, -0.25) is 9.59 Å². The zero-order valence-electron chi connectivity index (χ0n) is 38.9. The first-order valence-corrected chi connectivity index (χ1v) is 25.7. The summed E-state index contributed by atoms with van der Waals surface area (Å²) in [6.07, 6.45) is 55.0. The van der Waals surface area contributed by atoms with Crippen molar-refractivity contribution in [2.75, 3.05) is 19.8 Å². The molecule has 0 aromatic heterocycles. The molecule has 0 saturated heterocycles. The first kappa shape index (κ1) is 55.6. The van der Waals surface area contributed by atoms with E-state index in [1.165, 1.54) is 205 Å². The third kappa shape index (κ3) is 47.2. The quantitative estimate of drug-likeness (QED) is 0.0348. The molecule has 0 radical (unpaired) electrons. The molecule has 0 aliphatic heterocycles. The van der Waals surface area contributed by atoms with Gasteiger partial charge < -0.3 is 14.2 Å². The van der Waals surface area contributed by atoms with E-state index in [2.05, 4.69) is 32.9 Å². The zero-order chi connectivity index (χ0) is 41.4. The van der Waals surface area contributed by atoms with Gasteiger partial charge in [-0.05, 0) is 44.9 Å². The SMILES string of the molecule is CCCCCC/C=C\CCCCCCCC(=O)O[C@H](COCCCCCCCCCCCCCCCCCC)COC(=O)CCCCCCCCCCCCCC. The Kier molecular flexibility index (Phi) is 47.8. The summed E-state index contributed by atoms with van der Waals surface area (Å²) in [5, 5.41) is 0. The van der Waals surface area contributed by atoms with Crippen LogP contribution in [0.4, 0.5) is 0 Å². The summed E-state index contributed by atoms with van der Waals surface area (Å²) in [5.74, 6) is -0.388. The molecule has 0 bridgehead atoms. The second-order valence-electron chi connectivity index (χ2n) is 17.4. The van der Waals surface area contributed by atoms with Crippen molar-refractivity contribution < 1.29 is 23.8 Å². The molecule has 0 amide bonds. The highest BCUT2D eigenvalue weighted by Crippen LogP contribution is 2.16. The number of unbranched alkanes of at least 4 members (excludes halogenated alkanes) is 35. The standard InChI is InChI=1S/C52H100O5/c1-4-7-10-13-16-19-22-25-26-27-29-32-35-38-41-44-47-55-48-50(49-56-51(53)45-42-39-36-33-30-24-21-18-15-12-9-6-3)57-52(54)46-43-40-37-34-31-28-23-20-17-14-11-8-5-2/h20,23,50H,4-19,21-22,24-49H2,1-3H3/b23-20-/t50-/m1/s1. The smallest absolute Gasteiger partial charge is 0.306 e. The minimum atomic E-state index is -0.529. The molecular formula is C52H100O5. The van der Waals surface area contributed by atoms with E-state index in [9.17, 15) is 9.59 Å². The number of carbonyl (C=O) groups is 2. The van der Waals surface area contributed by atoms with Gasteiger partial charge in [-0.15, -0.1) is 0 Å². The summed E-state index contributed by atoms with van der Waals surface area (Å²) >= 11 is 0. The first-order valence-electron chi connectivity index (χ1n) is 25.7. The van der Waals surface area contributed by atoms with Crippen molar-refractivity contribution in [1.82, 2.24) is 0 Å². The predicted molar refractivity (Wildman–Crippen MR) is 247 cm³/mol. The minimum absolute atomic E-state index is 0.0912. The number of allylic oxidation sites excluding steroid dienone is 2. The maximum Gasteiger partial charge on any atom is 0.306 e. The molecule has 0 aromatic carbocycles. The summed E-state index contributed by atoms with van der Waals surface area (Å²) in [5.41, 5.74) is 0. The Morgan fingerprint density at radius 3 is 1.09 bits per heavy atom. The molecule has 0 aromatic rings. The number of rotatable bonds is 48. The van der Waals surface area contributed by atoms with Crippen molar-refractivity contribution in [2.24, 2.45) is 0 Å². The molecule has 57 heavy (non-hydrogen) atoms. The lowest BCUT2D eigenvalue weighted by Gasteiger charge is -2.18. The van der Waals surface area contributed by atoms with E-state index in [0.717, 1.165) is 44.9 Å². The summed E-state index contributed by atoms with van der Waals surface area (Å²) in [6, 6.07) is 0. The van der Waals surface area contributed by atoms with Crippen LogP contribution < -0.4 is 0 Å². The van der Waals surface area contributed by atoms with Gasteiger partial charge in [0.2, 0.25) is 0 Å². The van der Waals surface area contributed by atoms with E-state index < -0.39 is 6.10 Å². The predicted octanol–water partition coefficient (Wildman–Crippen LogP) is 17.1. The third-order valence-electron chi connectivity index (χ3n) is 11.6. The molecule has 0 rings (SSSR count). The lowest BCUT2D eigenvalue weighted by Crippen LogP contribution is -2.30. The van der Waals surface area contributed by atoms with Crippen LogP contribution in [0.5, 0.6) is 0 Å². The number of carbonyl (C=O) groups excluding carboxylic acids is 2. The largest absolute Gasteiger partial charge is 0.462 e. The maximum absolute atomic E-state index is 12.8. The Balaban J connectivity index is 4.20. The van der Waals surface area contributed by atoms with Gasteiger partial charge in [0.1, 0.15) is 6.61 Å². The number of esters is 2. The molecule has 0 aliphatic rings. The Bertz CT molecular complexity index is 825. The first-order chi connectivity index (χ1) is 28.1. The molecule has 338 valence electrons. The maximum atomic E-state index is 12.8. The van der Waals surface area contributed by atoms with E-state index in [-0.39, 0.29) is 18.5 Å². The molecule has 0 fully saturated rings. The van der Waals surface area contributed by atoms with E-state index in [1.807, 2.05) is 0 Å². The van der Waals surface area contributed by atoms with E-state index >= 15 is 0 Å². The van der Waals surface area contributed by atoms with Crippen molar-refractivity contribution in [1.29, 1.82) is 0 Å². The molecule has 0 spiro atoms. The molecule has 0 unspecified atom stereocenters. The van der Waals surface area contributed by atoms with Crippen LogP contribution in [0.2, 0.25) is 0 Å². The molecule has 1 atom stereocenters.